The Morgan fingerprint density at radius 2 is 1.92 bits per heavy atom. The lowest BCUT2D eigenvalue weighted by atomic mass is 10.2. The second-order valence-corrected chi connectivity index (χ2v) is 6.79. The number of rotatable bonds is 6. The Kier molecular flexibility index (Phi) is 5.95. The fraction of sp³-hybridized carbons (Fsp3) is 0.588. The van der Waals surface area contributed by atoms with Crippen LogP contribution >= 0.6 is 12.2 Å². The summed E-state index contributed by atoms with van der Waals surface area (Å²) in [5, 5.41) is 4.79. The van der Waals surface area contributed by atoms with Crippen molar-refractivity contribution in [3.05, 3.63) is 29.3 Å². The second-order valence-electron chi connectivity index (χ2n) is 6.42. The SMILES string of the molecule is COCCn1c(-c2ccncc2)nn(CN2C[C@@H](C)O[C@H](C)C2)c1=S. The van der Waals surface area contributed by atoms with Crippen molar-refractivity contribution in [2.45, 2.75) is 39.3 Å². The lowest BCUT2D eigenvalue weighted by Crippen LogP contribution is -2.46. The van der Waals surface area contributed by atoms with E-state index < -0.39 is 0 Å². The van der Waals surface area contributed by atoms with Crippen LogP contribution < -0.4 is 0 Å². The topological polar surface area (TPSA) is 57.3 Å². The van der Waals surface area contributed by atoms with Gasteiger partial charge in [-0.2, -0.15) is 5.10 Å². The Hall–Kier alpha value is -1.61. The van der Waals surface area contributed by atoms with Crippen molar-refractivity contribution >= 4 is 12.2 Å². The van der Waals surface area contributed by atoms with E-state index >= 15 is 0 Å². The fourth-order valence-electron chi connectivity index (χ4n) is 3.22. The first-order valence-corrected chi connectivity index (χ1v) is 8.94. The van der Waals surface area contributed by atoms with Crippen LogP contribution in [-0.2, 0) is 22.7 Å². The zero-order valence-corrected chi connectivity index (χ0v) is 15.8. The maximum absolute atomic E-state index is 5.81. The van der Waals surface area contributed by atoms with Gasteiger partial charge in [-0.1, -0.05) is 0 Å². The van der Waals surface area contributed by atoms with E-state index in [1.54, 1.807) is 19.5 Å². The van der Waals surface area contributed by atoms with Crippen molar-refractivity contribution < 1.29 is 9.47 Å². The lowest BCUT2D eigenvalue weighted by Gasteiger charge is -2.34. The summed E-state index contributed by atoms with van der Waals surface area (Å²) in [7, 11) is 1.69. The van der Waals surface area contributed by atoms with Crippen LogP contribution in [0.3, 0.4) is 0 Å². The van der Waals surface area contributed by atoms with Crippen LogP contribution in [-0.4, -0.2) is 63.2 Å². The van der Waals surface area contributed by atoms with Gasteiger partial charge in [0.05, 0.1) is 32.0 Å². The van der Waals surface area contributed by atoms with Gasteiger partial charge < -0.3 is 9.47 Å². The molecule has 7 nitrogen and oxygen atoms in total. The molecule has 0 saturated carbocycles. The predicted octanol–water partition coefficient (Wildman–Crippen LogP) is 2.19. The molecule has 136 valence electrons. The third-order valence-electron chi connectivity index (χ3n) is 4.21. The normalized spacial score (nSPS) is 21.6. The number of methoxy groups -OCH3 is 1. The number of aromatic nitrogens is 4. The van der Waals surface area contributed by atoms with Gasteiger partial charge in [0.1, 0.15) is 0 Å². The average Bonchev–Trinajstić information content (AvgIpc) is 2.89. The highest BCUT2D eigenvalue weighted by molar-refractivity contribution is 7.71. The molecular weight excluding hydrogens is 338 g/mol. The van der Waals surface area contributed by atoms with Crippen LogP contribution in [0.4, 0.5) is 0 Å². The number of morpholine rings is 1. The Morgan fingerprint density at radius 3 is 2.56 bits per heavy atom. The summed E-state index contributed by atoms with van der Waals surface area (Å²) in [5.41, 5.74) is 1.000. The molecule has 1 fully saturated rings. The third-order valence-corrected chi connectivity index (χ3v) is 4.64. The molecule has 0 radical (unpaired) electrons. The summed E-state index contributed by atoms with van der Waals surface area (Å²) in [6, 6.07) is 3.90. The van der Waals surface area contributed by atoms with Gasteiger partial charge in [0.25, 0.3) is 0 Å². The van der Waals surface area contributed by atoms with Gasteiger partial charge in [-0.25, -0.2) is 4.68 Å². The number of hydrogen-bond acceptors (Lipinski definition) is 6. The molecule has 3 heterocycles. The smallest absolute Gasteiger partial charge is 0.199 e. The van der Waals surface area contributed by atoms with Crippen LogP contribution in [0.25, 0.3) is 11.4 Å². The zero-order valence-electron chi connectivity index (χ0n) is 15.0. The first-order chi connectivity index (χ1) is 12.1. The minimum absolute atomic E-state index is 0.216. The molecule has 2 aromatic rings. The van der Waals surface area contributed by atoms with Gasteiger partial charge in [-0.05, 0) is 38.2 Å². The average molecular weight is 363 g/mol. The minimum atomic E-state index is 0.216. The van der Waals surface area contributed by atoms with E-state index in [9.17, 15) is 0 Å². The molecular formula is C17H25N5O2S. The Balaban J connectivity index is 1.89. The van der Waals surface area contributed by atoms with Gasteiger partial charge in [0.2, 0.25) is 0 Å². The first kappa shape index (κ1) is 18.2. The van der Waals surface area contributed by atoms with Crippen molar-refractivity contribution in [1.29, 1.82) is 0 Å². The highest BCUT2D eigenvalue weighted by Gasteiger charge is 2.23. The molecule has 2 aromatic heterocycles. The van der Waals surface area contributed by atoms with Gasteiger partial charge >= 0.3 is 0 Å². The molecule has 0 amide bonds. The molecule has 0 bridgehead atoms. The molecule has 0 aliphatic carbocycles. The number of ether oxygens (including phenoxy) is 2. The van der Waals surface area contributed by atoms with E-state index in [-0.39, 0.29) is 12.2 Å². The quantitative estimate of drug-likeness (QED) is 0.734. The molecule has 25 heavy (non-hydrogen) atoms. The summed E-state index contributed by atoms with van der Waals surface area (Å²) >= 11 is 5.69. The summed E-state index contributed by atoms with van der Waals surface area (Å²) < 4.78 is 15.7. The first-order valence-electron chi connectivity index (χ1n) is 8.53. The molecule has 0 aromatic carbocycles. The van der Waals surface area contributed by atoms with E-state index in [0.29, 0.717) is 24.6 Å². The minimum Gasteiger partial charge on any atom is -0.383 e. The number of pyridine rings is 1. The Morgan fingerprint density at radius 1 is 1.24 bits per heavy atom. The molecule has 0 spiro atoms. The maximum Gasteiger partial charge on any atom is 0.199 e. The Bertz CT molecular complexity index is 735. The lowest BCUT2D eigenvalue weighted by molar-refractivity contribution is -0.0777. The molecule has 1 aliphatic heterocycles. The standard InChI is InChI=1S/C17H25N5O2S/c1-13-10-20(11-14(2)24-13)12-22-17(25)21(8-9-23-3)16(19-22)15-4-6-18-7-5-15/h4-7,13-14H,8-12H2,1-3H3/t13-,14-/m1/s1. The van der Waals surface area contributed by atoms with Crippen molar-refractivity contribution in [3.63, 3.8) is 0 Å². The predicted molar refractivity (Wildman–Crippen MR) is 97.7 cm³/mol. The largest absolute Gasteiger partial charge is 0.383 e. The Labute approximate surface area is 153 Å². The van der Waals surface area contributed by atoms with E-state index in [0.717, 1.165) is 24.5 Å². The van der Waals surface area contributed by atoms with Gasteiger partial charge in [0, 0.05) is 38.2 Å². The molecule has 3 rings (SSSR count). The van der Waals surface area contributed by atoms with Crippen molar-refractivity contribution in [1.82, 2.24) is 24.2 Å². The summed E-state index contributed by atoms with van der Waals surface area (Å²) in [6.45, 7) is 7.87. The molecule has 0 N–H and O–H groups in total. The number of hydrogen-bond donors (Lipinski definition) is 0. The summed E-state index contributed by atoms with van der Waals surface area (Å²) in [6.07, 6.45) is 3.97. The van der Waals surface area contributed by atoms with Crippen LogP contribution in [0.15, 0.2) is 24.5 Å². The molecule has 1 aliphatic rings. The van der Waals surface area contributed by atoms with E-state index in [2.05, 4.69) is 23.7 Å². The molecule has 1 saturated heterocycles. The van der Waals surface area contributed by atoms with Crippen molar-refractivity contribution in [2.24, 2.45) is 0 Å². The monoisotopic (exact) mass is 363 g/mol. The number of nitrogens with zero attached hydrogens (tertiary/aromatic N) is 5. The highest BCUT2D eigenvalue weighted by atomic mass is 32.1. The van der Waals surface area contributed by atoms with Crippen LogP contribution in [0, 0.1) is 4.77 Å². The van der Waals surface area contributed by atoms with Crippen LogP contribution in [0.1, 0.15) is 13.8 Å². The molecule has 2 atom stereocenters. The highest BCUT2D eigenvalue weighted by Crippen LogP contribution is 2.19. The van der Waals surface area contributed by atoms with E-state index in [1.807, 2.05) is 21.4 Å². The molecule has 8 heteroatoms. The summed E-state index contributed by atoms with van der Waals surface area (Å²) in [4.78, 5) is 6.42. The maximum atomic E-state index is 5.81. The van der Waals surface area contributed by atoms with Crippen molar-refractivity contribution in [3.8, 4) is 11.4 Å². The third kappa shape index (κ3) is 4.33. The zero-order chi connectivity index (χ0) is 17.8. The second kappa shape index (κ2) is 8.18. The van der Waals surface area contributed by atoms with Crippen LogP contribution in [0.5, 0.6) is 0 Å². The van der Waals surface area contributed by atoms with E-state index in [4.69, 9.17) is 26.8 Å². The van der Waals surface area contributed by atoms with Gasteiger partial charge in [-0.15, -0.1) is 0 Å². The fourth-order valence-corrected chi connectivity index (χ4v) is 3.50. The van der Waals surface area contributed by atoms with Gasteiger partial charge in [-0.3, -0.25) is 14.5 Å². The van der Waals surface area contributed by atoms with E-state index in [1.165, 1.54) is 0 Å². The molecule has 0 unspecified atom stereocenters. The summed E-state index contributed by atoms with van der Waals surface area (Å²) in [5.74, 6) is 0.846. The van der Waals surface area contributed by atoms with Crippen LogP contribution in [0.2, 0.25) is 0 Å². The van der Waals surface area contributed by atoms with Crippen molar-refractivity contribution in [2.75, 3.05) is 26.8 Å². The van der Waals surface area contributed by atoms with Gasteiger partial charge in [0.15, 0.2) is 10.6 Å².